The van der Waals surface area contributed by atoms with Crippen molar-refractivity contribution in [2.45, 2.75) is 6.54 Å². The molecule has 2 aromatic rings. The van der Waals surface area contributed by atoms with Gasteiger partial charge in [-0.1, -0.05) is 5.16 Å². The van der Waals surface area contributed by atoms with Gasteiger partial charge < -0.3 is 9.84 Å². The smallest absolute Gasteiger partial charge is 0.177 e. The van der Waals surface area contributed by atoms with Crippen LogP contribution < -0.4 is 5.32 Å². The predicted molar refractivity (Wildman–Crippen MR) is 60.3 cm³/mol. The summed E-state index contributed by atoms with van der Waals surface area (Å²) < 4.78 is 6.31. The first-order valence-electron chi connectivity index (χ1n) is 4.15. The molecule has 0 saturated heterocycles. The molecule has 74 valence electrons. The minimum atomic E-state index is 0.732. The average Bonchev–Trinajstić information content (AvgIpc) is 2.74. The standard InChI is InChI=1S/C9H9BrN2OS/c1-11-5-6-4-7(13-12-6)8-2-3-9(10)14-8/h2-4,11H,5H2,1H3. The Morgan fingerprint density at radius 2 is 2.43 bits per heavy atom. The predicted octanol–water partition coefficient (Wildman–Crippen LogP) is 2.89. The molecule has 0 aliphatic rings. The molecule has 2 heterocycles. The molecular formula is C9H9BrN2OS. The number of nitrogens with one attached hydrogen (secondary N) is 1. The molecule has 0 aliphatic carbocycles. The first kappa shape index (κ1) is 9.89. The lowest BCUT2D eigenvalue weighted by Gasteiger charge is -1.87. The highest BCUT2D eigenvalue weighted by Crippen LogP contribution is 2.31. The third-order valence-corrected chi connectivity index (χ3v) is 3.37. The molecule has 1 N–H and O–H groups in total. The van der Waals surface area contributed by atoms with Gasteiger partial charge in [-0.25, -0.2) is 0 Å². The van der Waals surface area contributed by atoms with Crippen LogP contribution in [0.1, 0.15) is 5.69 Å². The van der Waals surface area contributed by atoms with Crippen LogP contribution in [0.15, 0.2) is 26.5 Å². The second-order valence-corrected chi connectivity index (χ2v) is 5.28. The summed E-state index contributed by atoms with van der Waals surface area (Å²) in [5.41, 5.74) is 0.923. The maximum absolute atomic E-state index is 5.22. The number of nitrogens with zero attached hydrogens (tertiary/aromatic N) is 1. The van der Waals surface area contributed by atoms with Gasteiger partial charge in [0.2, 0.25) is 0 Å². The van der Waals surface area contributed by atoms with Crippen molar-refractivity contribution in [2.75, 3.05) is 7.05 Å². The summed E-state index contributed by atoms with van der Waals surface area (Å²) in [6.45, 7) is 0.732. The maximum atomic E-state index is 5.22. The molecule has 0 atom stereocenters. The Morgan fingerprint density at radius 1 is 1.57 bits per heavy atom. The molecular weight excluding hydrogens is 264 g/mol. The van der Waals surface area contributed by atoms with Crippen molar-refractivity contribution in [3.05, 3.63) is 27.7 Å². The molecule has 0 fully saturated rings. The second-order valence-electron chi connectivity index (χ2n) is 2.82. The van der Waals surface area contributed by atoms with Gasteiger partial charge in [-0.3, -0.25) is 0 Å². The van der Waals surface area contributed by atoms with Crippen molar-refractivity contribution in [2.24, 2.45) is 0 Å². The number of hydrogen-bond donors (Lipinski definition) is 1. The van der Waals surface area contributed by atoms with Crippen molar-refractivity contribution in [1.29, 1.82) is 0 Å². The second kappa shape index (κ2) is 4.25. The molecule has 0 aromatic carbocycles. The van der Waals surface area contributed by atoms with Crippen LogP contribution in [0.5, 0.6) is 0 Å². The zero-order valence-electron chi connectivity index (χ0n) is 7.58. The number of aromatic nitrogens is 1. The van der Waals surface area contributed by atoms with Crippen LogP contribution in [0.4, 0.5) is 0 Å². The zero-order chi connectivity index (χ0) is 9.97. The van der Waals surface area contributed by atoms with Crippen LogP contribution in [0.25, 0.3) is 10.6 Å². The third kappa shape index (κ3) is 2.05. The largest absolute Gasteiger partial charge is 0.355 e. The van der Waals surface area contributed by atoms with Crippen molar-refractivity contribution in [3.8, 4) is 10.6 Å². The average molecular weight is 273 g/mol. The van der Waals surface area contributed by atoms with E-state index in [1.54, 1.807) is 11.3 Å². The molecule has 2 aromatic heterocycles. The van der Waals surface area contributed by atoms with Gasteiger partial charge in [-0.05, 0) is 35.1 Å². The lowest BCUT2D eigenvalue weighted by Crippen LogP contribution is -2.04. The summed E-state index contributed by atoms with van der Waals surface area (Å²) in [5.74, 6) is 0.825. The fourth-order valence-corrected chi connectivity index (χ4v) is 2.47. The van der Waals surface area contributed by atoms with Gasteiger partial charge in [0.1, 0.15) is 0 Å². The van der Waals surface area contributed by atoms with E-state index in [4.69, 9.17) is 4.52 Å². The van der Waals surface area contributed by atoms with Gasteiger partial charge in [-0.2, -0.15) is 0 Å². The van der Waals surface area contributed by atoms with Gasteiger partial charge in [0, 0.05) is 12.6 Å². The van der Waals surface area contributed by atoms with E-state index >= 15 is 0 Å². The number of rotatable bonds is 3. The normalized spacial score (nSPS) is 10.7. The van der Waals surface area contributed by atoms with E-state index in [0.717, 1.165) is 26.7 Å². The van der Waals surface area contributed by atoms with Crippen molar-refractivity contribution in [1.82, 2.24) is 10.5 Å². The molecule has 0 aliphatic heterocycles. The monoisotopic (exact) mass is 272 g/mol. The Kier molecular flexibility index (Phi) is 3.00. The van der Waals surface area contributed by atoms with E-state index in [-0.39, 0.29) is 0 Å². The Labute approximate surface area is 94.2 Å². The highest BCUT2D eigenvalue weighted by Gasteiger charge is 2.07. The lowest BCUT2D eigenvalue weighted by molar-refractivity contribution is 0.422. The summed E-state index contributed by atoms with van der Waals surface area (Å²) in [5, 5.41) is 6.97. The van der Waals surface area contributed by atoms with E-state index in [1.807, 2.05) is 25.2 Å². The molecule has 0 spiro atoms. The van der Waals surface area contributed by atoms with Gasteiger partial charge >= 0.3 is 0 Å². The van der Waals surface area contributed by atoms with Gasteiger partial charge in [0.05, 0.1) is 14.4 Å². The molecule has 0 unspecified atom stereocenters. The Bertz CT molecular complexity index is 424. The summed E-state index contributed by atoms with van der Waals surface area (Å²) in [4.78, 5) is 1.09. The van der Waals surface area contributed by atoms with Gasteiger partial charge in [0.25, 0.3) is 0 Å². The number of thiophene rings is 1. The molecule has 0 radical (unpaired) electrons. The molecule has 3 nitrogen and oxygen atoms in total. The maximum Gasteiger partial charge on any atom is 0.177 e. The molecule has 2 rings (SSSR count). The van der Waals surface area contributed by atoms with Crippen molar-refractivity contribution < 1.29 is 4.52 Å². The van der Waals surface area contributed by atoms with Crippen LogP contribution in [0.3, 0.4) is 0 Å². The fourth-order valence-electron chi connectivity index (χ4n) is 1.14. The highest BCUT2D eigenvalue weighted by molar-refractivity contribution is 9.11. The fraction of sp³-hybridized carbons (Fsp3) is 0.222. The number of halogens is 1. The Balaban J connectivity index is 2.24. The van der Waals surface area contributed by atoms with E-state index in [0.29, 0.717) is 0 Å². The van der Waals surface area contributed by atoms with Crippen LogP contribution in [-0.2, 0) is 6.54 Å². The highest BCUT2D eigenvalue weighted by atomic mass is 79.9. The summed E-state index contributed by atoms with van der Waals surface area (Å²) >= 11 is 5.05. The quantitative estimate of drug-likeness (QED) is 0.934. The number of hydrogen-bond acceptors (Lipinski definition) is 4. The first-order valence-corrected chi connectivity index (χ1v) is 5.76. The van der Waals surface area contributed by atoms with E-state index in [9.17, 15) is 0 Å². The molecule has 0 amide bonds. The van der Waals surface area contributed by atoms with E-state index in [2.05, 4.69) is 26.4 Å². The molecule has 0 bridgehead atoms. The molecule has 14 heavy (non-hydrogen) atoms. The van der Waals surface area contributed by atoms with Crippen LogP contribution in [0, 0.1) is 0 Å². The van der Waals surface area contributed by atoms with Crippen molar-refractivity contribution >= 4 is 27.3 Å². The summed E-state index contributed by atoms with van der Waals surface area (Å²) in [6.07, 6.45) is 0. The van der Waals surface area contributed by atoms with Gasteiger partial charge in [0.15, 0.2) is 5.76 Å². The SMILES string of the molecule is CNCc1cc(-c2ccc(Br)s2)on1. The van der Waals surface area contributed by atoms with Gasteiger partial charge in [-0.15, -0.1) is 11.3 Å². The first-order chi connectivity index (χ1) is 6.79. The minimum Gasteiger partial charge on any atom is -0.355 e. The Hall–Kier alpha value is -0.650. The van der Waals surface area contributed by atoms with Crippen molar-refractivity contribution in [3.63, 3.8) is 0 Å². The van der Waals surface area contributed by atoms with Crippen LogP contribution >= 0.6 is 27.3 Å². The summed E-state index contributed by atoms with van der Waals surface area (Å²) in [7, 11) is 1.89. The molecule has 5 heteroatoms. The van der Waals surface area contributed by atoms with Crippen LogP contribution in [0.2, 0.25) is 0 Å². The lowest BCUT2D eigenvalue weighted by atomic mass is 10.3. The third-order valence-electron chi connectivity index (χ3n) is 1.73. The van der Waals surface area contributed by atoms with E-state index < -0.39 is 0 Å². The molecule has 0 saturated carbocycles. The Morgan fingerprint density at radius 3 is 3.07 bits per heavy atom. The topological polar surface area (TPSA) is 38.1 Å². The van der Waals surface area contributed by atoms with E-state index in [1.165, 1.54) is 0 Å². The minimum absolute atomic E-state index is 0.732. The van der Waals surface area contributed by atoms with Crippen LogP contribution in [-0.4, -0.2) is 12.2 Å². The zero-order valence-corrected chi connectivity index (χ0v) is 9.98. The summed E-state index contributed by atoms with van der Waals surface area (Å²) in [6, 6.07) is 5.97.